The second kappa shape index (κ2) is 5.88. The number of hydrogen-bond acceptors (Lipinski definition) is 5. The standard InChI is InChI=1S/C12H19NO4S2/c1-8-7-18-11(6-14)12(8)19(15,16)13-9-4-3-5-10(9)17-2/h7,9-10,13-14H,3-6H2,1-2H3. The Kier molecular flexibility index (Phi) is 4.62. The summed E-state index contributed by atoms with van der Waals surface area (Å²) in [7, 11) is -1.99. The number of nitrogens with one attached hydrogen (secondary N) is 1. The summed E-state index contributed by atoms with van der Waals surface area (Å²) in [6.45, 7) is 1.49. The maximum absolute atomic E-state index is 12.4. The van der Waals surface area contributed by atoms with Gasteiger partial charge in [0.2, 0.25) is 10.0 Å². The van der Waals surface area contributed by atoms with E-state index in [1.807, 2.05) is 0 Å². The first-order valence-electron chi connectivity index (χ1n) is 6.22. The monoisotopic (exact) mass is 305 g/mol. The summed E-state index contributed by atoms with van der Waals surface area (Å²) in [4.78, 5) is 0.707. The Morgan fingerprint density at radius 2 is 2.26 bits per heavy atom. The van der Waals surface area contributed by atoms with Crippen molar-refractivity contribution < 1.29 is 18.3 Å². The topological polar surface area (TPSA) is 75.6 Å². The van der Waals surface area contributed by atoms with Gasteiger partial charge < -0.3 is 9.84 Å². The molecule has 1 saturated carbocycles. The molecule has 5 nitrogen and oxygen atoms in total. The van der Waals surface area contributed by atoms with Crippen molar-refractivity contribution in [3.8, 4) is 0 Å². The van der Waals surface area contributed by atoms with Crippen LogP contribution < -0.4 is 4.72 Å². The summed E-state index contributed by atoms with van der Waals surface area (Å²) in [5, 5.41) is 11.0. The lowest BCUT2D eigenvalue weighted by atomic mass is 10.2. The van der Waals surface area contributed by atoms with E-state index in [0.717, 1.165) is 19.3 Å². The second-order valence-electron chi connectivity index (χ2n) is 4.76. The first-order valence-corrected chi connectivity index (χ1v) is 8.59. The molecule has 0 amide bonds. The minimum atomic E-state index is -3.60. The van der Waals surface area contributed by atoms with E-state index < -0.39 is 10.0 Å². The number of sulfonamides is 1. The van der Waals surface area contributed by atoms with Gasteiger partial charge >= 0.3 is 0 Å². The molecule has 1 fully saturated rings. The van der Waals surface area contributed by atoms with Gasteiger partial charge in [-0.15, -0.1) is 11.3 Å². The average molecular weight is 305 g/mol. The molecule has 2 rings (SSSR count). The molecular formula is C12H19NO4S2. The Bertz CT molecular complexity index is 538. The molecule has 108 valence electrons. The number of thiophene rings is 1. The van der Waals surface area contributed by atoms with Gasteiger partial charge in [-0.05, 0) is 37.1 Å². The maximum atomic E-state index is 12.4. The van der Waals surface area contributed by atoms with Crippen LogP contribution in [0.2, 0.25) is 0 Å². The molecule has 2 unspecified atom stereocenters. The minimum absolute atomic E-state index is 0.0636. The van der Waals surface area contributed by atoms with Gasteiger partial charge in [-0.2, -0.15) is 0 Å². The molecule has 0 saturated heterocycles. The molecular weight excluding hydrogens is 286 g/mol. The Morgan fingerprint density at radius 3 is 2.89 bits per heavy atom. The normalized spacial score (nSPS) is 23.9. The molecule has 19 heavy (non-hydrogen) atoms. The van der Waals surface area contributed by atoms with Crippen LogP contribution in [0.3, 0.4) is 0 Å². The van der Waals surface area contributed by atoms with E-state index in [9.17, 15) is 13.5 Å². The summed E-state index contributed by atoms with van der Waals surface area (Å²) in [5.41, 5.74) is 0.675. The maximum Gasteiger partial charge on any atom is 0.242 e. The Labute approximate surface area is 117 Å². The number of aliphatic hydroxyl groups is 1. The highest BCUT2D eigenvalue weighted by atomic mass is 32.2. The third kappa shape index (κ3) is 3.00. The quantitative estimate of drug-likeness (QED) is 0.862. The SMILES string of the molecule is COC1CCCC1NS(=O)(=O)c1c(C)csc1CO. The number of rotatable bonds is 5. The summed E-state index contributed by atoms with van der Waals surface area (Å²) >= 11 is 1.27. The molecule has 0 spiro atoms. The van der Waals surface area contributed by atoms with Crippen LogP contribution in [0.1, 0.15) is 29.7 Å². The fraction of sp³-hybridized carbons (Fsp3) is 0.667. The highest BCUT2D eigenvalue weighted by Gasteiger charge is 2.33. The summed E-state index contributed by atoms with van der Waals surface area (Å²) in [6.07, 6.45) is 2.56. The molecule has 2 atom stereocenters. The van der Waals surface area contributed by atoms with E-state index >= 15 is 0 Å². The Balaban J connectivity index is 2.25. The van der Waals surface area contributed by atoms with E-state index in [4.69, 9.17) is 4.74 Å². The van der Waals surface area contributed by atoms with E-state index in [2.05, 4.69) is 4.72 Å². The van der Waals surface area contributed by atoms with Gasteiger partial charge in [0.15, 0.2) is 0 Å². The zero-order valence-electron chi connectivity index (χ0n) is 11.0. The summed E-state index contributed by atoms with van der Waals surface area (Å²) in [5.74, 6) is 0. The van der Waals surface area contributed by atoms with E-state index in [1.54, 1.807) is 19.4 Å². The van der Waals surface area contributed by atoms with Crippen LogP contribution in [0.15, 0.2) is 10.3 Å². The van der Waals surface area contributed by atoms with Gasteiger partial charge in [-0.25, -0.2) is 13.1 Å². The van der Waals surface area contributed by atoms with Crippen molar-refractivity contribution in [3.05, 3.63) is 15.8 Å². The molecule has 2 N–H and O–H groups in total. The van der Waals surface area contributed by atoms with Crippen molar-refractivity contribution in [1.29, 1.82) is 0 Å². The summed E-state index contributed by atoms with van der Waals surface area (Å²) in [6, 6.07) is -0.180. The van der Waals surface area contributed by atoms with Crippen LogP contribution in [0.4, 0.5) is 0 Å². The van der Waals surface area contributed by atoms with Crippen molar-refractivity contribution in [2.45, 2.75) is 49.8 Å². The number of methoxy groups -OCH3 is 1. The predicted molar refractivity (Wildman–Crippen MR) is 73.7 cm³/mol. The highest BCUT2D eigenvalue weighted by molar-refractivity contribution is 7.89. The molecule has 1 aliphatic rings. The van der Waals surface area contributed by atoms with E-state index in [0.29, 0.717) is 10.4 Å². The fourth-order valence-corrected chi connectivity index (χ4v) is 5.52. The third-order valence-corrected chi connectivity index (χ3v) is 6.40. The predicted octanol–water partition coefficient (Wildman–Crippen LogP) is 1.39. The van der Waals surface area contributed by atoms with Crippen molar-refractivity contribution >= 4 is 21.4 Å². The zero-order valence-corrected chi connectivity index (χ0v) is 12.7. The van der Waals surface area contributed by atoms with Gasteiger partial charge in [-0.3, -0.25) is 0 Å². The molecule has 0 radical (unpaired) electrons. The van der Waals surface area contributed by atoms with Crippen molar-refractivity contribution in [1.82, 2.24) is 4.72 Å². The summed E-state index contributed by atoms with van der Waals surface area (Å²) < 4.78 is 32.9. The third-order valence-electron chi connectivity index (χ3n) is 3.46. The van der Waals surface area contributed by atoms with Crippen molar-refractivity contribution in [2.75, 3.05) is 7.11 Å². The molecule has 7 heteroatoms. The van der Waals surface area contributed by atoms with Crippen LogP contribution in [0.5, 0.6) is 0 Å². The molecule has 1 aromatic heterocycles. The van der Waals surface area contributed by atoms with E-state index in [1.165, 1.54) is 11.3 Å². The molecule has 0 bridgehead atoms. The lowest BCUT2D eigenvalue weighted by molar-refractivity contribution is 0.0916. The number of hydrogen-bond donors (Lipinski definition) is 2. The Morgan fingerprint density at radius 1 is 1.53 bits per heavy atom. The first kappa shape index (κ1) is 14.9. The number of aliphatic hydroxyl groups excluding tert-OH is 1. The van der Waals surface area contributed by atoms with Crippen LogP contribution >= 0.6 is 11.3 Å². The van der Waals surface area contributed by atoms with Crippen LogP contribution in [0.25, 0.3) is 0 Å². The lowest BCUT2D eigenvalue weighted by Crippen LogP contribution is -2.40. The molecule has 0 aromatic carbocycles. The molecule has 1 heterocycles. The van der Waals surface area contributed by atoms with Gasteiger partial charge in [0.1, 0.15) is 4.90 Å². The van der Waals surface area contributed by atoms with Crippen molar-refractivity contribution in [2.24, 2.45) is 0 Å². The lowest BCUT2D eigenvalue weighted by Gasteiger charge is -2.20. The average Bonchev–Trinajstić information content (AvgIpc) is 2.94. The minimum Gasteiger partial charge on any atom is -0.391 e. The van der Waals surface area contributed by atoms with Crippen LogP contribution in [-0.2, 0) is 21.4 Å². The Hall–Kier alpha value is -0.470. The van der Waals surface area contributed by atoms with Crippen molar-refractivity contribution in [3.63, 3.8) is 0 Å². The van der Waals surface area contributed by atoms with Gasteiger partial charge in [0.25, 0.3) is 0 Å². The zero-order chi connectivity index (χ0) is 14.0. The molecule has 1 aromatic rings. The molecule has 0 aliphatic heterocycles. The van der Waals surface area contributed by atoms with Gasteiger partial charge in [0, 0.05) is 13.2 Å². The highest BCUT2D eigenvalue weighted by Crippen LogP contribution is 2.29. The fourth-order valence-electron chi connectivity index (χ4n) is 2.56. The smallest absolute Gasteiger partial charge is 0.242 e. The van der Waals surface area contributed by atoms with E-state index in [-0.39, 0.29) is 23.6 Å². The van der Waals surface area contributed by atoms with Gasteiger partial charge in [0.05, 0.1) is 17.6 Å². The van der Waals surface area contributed by atoms with Gasteiger partial charge in [-0.1, -0.05) is 0 Å². The largest absolute Gasteiger partial charge is 0.391 e. The van der Waals surface area contributed by atoms with Crippen LogP contribution in [-0.4, -0.2) is 32.8 Å². The number of aryl methyl sites for hydroxylation is 1. The first-order chi connectivity index (χ1) is 8.99. The molecule has 1 aliphatic carbocycles. The second-order valence-corrected chi connectivity index (χ2v) is 7.38. The number of ether oxygens (including phenoxy) is 1. The van der Waals surface area contributed by atoms with Crippen LogP contribution in [0, 0.1) is 6.92 Å².